The van der Waals surface area contributed by atoms with Crippen molar-refractivity contribution in [3.63, 3.8) is 0 Å². The summed E-state index contributed by atoms with van der Waals surface area (Å²) < 4.78 is 6.21. The van der Waals surface area contributed by atoms with E-state index < -0.39 is 5.97 Å². The minimum absolute atomic E-state index is 0.125. The average molecular weight is 315 g/mol. The van der Waals surface area contributed by atoms with Crippen LogP contribution in [0.5, 0.6) is 0 Å². The van der Waals surface area contributed by atoms with E-state index >= 15 is 0 Å². The van der Waals surface area contributed by atoms with Crippen molar-refractivity contribution in [1.29, 1.82) is 0 Å². The Morgan fingerprint density at radius 3 is 2.74 bits per heavy atom. The van der Waals surface area contributed by atoms with Crippen LogP contribution in [-0.4, -0.2) is 28.7 Å². The van der Waals surface area contributed by atoms with Crippen LogP contribution < -0.4 is 10.9 Å². The fourth-order valence-electron chi connectivity index (χ4n) is 2.20. The molecule has 1 N–H and O–H groups in total. The number of benzene rings is 1. The zero-order valence-electron chi connectivity index (χ0n) is 13.4. The van der Waals surface area contributed by atoms with Gasteiger partial charge in [-0.05, 0) is 25.8 Å². The summed E-state index contributed by atoms with van der Waals surface area (Å²) in [5.41, 5.74) is 1.31. The van der Waals surface area contributed by atoms with Gasteiger partial charge in [-0.25, -0.2) is 4.98 Å². The Labute approximate surface area is 135 Å². The number of carbonyl (C=O) groups excluding carboxylic acids is 1. The van der Waals surface area contributed by atoms with E-state index in [1.165, 1.54) is 16.3 Å². The summed E-state index contributed by atoms with van der Waals surface area (Å²) in [4.78, 5) is 28.2. The predicted octanol–water partition coefficient (Wildman–Crippen LogP) is 1.77. The van der Waals surface area contributed by atoms with Crippen molar-refractivity contribution in [3.05, 3.63) is 58.3 Å². The molecule has 1 aromatic carbocycles. The first-order valence-corrected chi connectivity index (χ1v) is 7.61. The molecule has 2 rings (SSSR count). The number of rotatable bonds is 7. The van der Waals surface area contributed by atoms with Crippen molar-refractivity contribution < 1.29 is 9.53 Å². The fourth-order valence-corrected chi connectivity index (χ4v) is 2.20. The topological polar surface area (TPSA) is 73.2 Å². The van der Waals surface area contributed by atoms with Crippen LogP contribution in [0.25, 0.3) is 0 Å². The third kappa shape index (κ3) is 4.67. The van der Waals surface area contributed by atoms with Crippen molar-refractivity contribution in [2.45, 2.75) is 26.8 Å². The monoisotopic (exact) mass is 315 g/mol. The summed E-state index contributed by atoms with van der Waals surface area (Å²) in [5.74, 6) is 0.0394. The molecular formula is C17H21N3O3. The Morgan fingerprint density at radius 2 is 2.04 bits per heavy atom. The lowest BCUT2D eigenvalue weighted by atomic mass is 10.1. The van der Waals surface area contributed by atoms with Gasteiger partial charge in [0.05, 0.1) is 12.8 Å². The van der Waals surface area contributed by atoms with Gasteiger partial charge in [0.1, 0.15) is 18.1 Å². The lowest BCUT2D eigenvalue weighted by Gasteiger charge is -2.11. The van der Waals surface area contributed by atoms with Crippen LogP contribution in [-0.2, 0) is 22.5 Å². The summed E-state index contributed by atoms with van der Waals surface area (Å²) in [5, 5.41) is 3.09. The van der Waals surface area contributed by atoms with Crippen molar-refractivity contribution in [2.75, 3.05) is 18.5 Å². The molecule has 0 fully saturated rings. The first-order valence-electron chi connectivity index (χ1n) is 7.61. The van der Waals surface area contributed by atoms with Crippen LogP contribution in [0.15, 0.2) is 41.3 Å². The molecule has 1 heterocycles. The molecule has 6 heteroatoms. The van der Waals surface area contributed by atoms with Crippen molar-refractivity contribution >= 4 is 11.7 Å². The number of nitrogens with zero attached hydrogens (tertiary/aromatic N) is 2. The highest BCUT2D eigenvalue weighted by atomic mass is 16.5. The van der Waals surface area contributed by atoms with E-state index in [-0.39, 0.29) is 18.7 Å². The molecule has 0 saturated carbocycles. The SMILES string of the molecule is CCOC(=O)Cn1c(C)ncc(NCCc2ccccc2)c1=O. The molecule has 0 saturated heterocycles. The smallest absolute Gasteiger partial charge is 0.326 e. The Bertz CT molecular complexity index is 711. The highest BCUT2D eigenvalue weighted by molar-refractivity contribution is 5.69. The Morgan fingerprint density at radius 1 is 1.30 bits per heavy atom. The quantitative estimate of drug-likeness (QED) is 0.788. The maximum atomic E-state index is 12.4. The molecule has 1 aromatic heterocycles. The van der Waals surface area contributed by atoms with Gasteiger partial charge in [0, 0.05) is 6.54 Å². The molecule has 2 aromatic rings. The van der Waals surface area contributed by atoms with Gasteiger partial charge >= 0.3 is 5.97 Å². The van der Waals surface area contributed by atoms with E-state index in [0.717, 1.165) is 6.42 Å². The number of hydrogen-bond acceptors (Lipinski definition) is 5. The van der Waals surface area contributed by atoms with Gasteiger partial charge < -0.3 is 10.1 Å². The summed E-state index contributed by atoms with van der Waals surface area (Å²) in [6, 6.07) is 10.0. The molecule has 0 amide bonds. The number of anilines is 1. The van der Waals surface area contributed by atoms with Gasteiger partial charge in [0.25, 0.3) is 5.56 Å². The molecule has 0 bridgehead atoms. The number of nitrogens with one attached hydrogen (secondary N) is 1. The van der Waals surface area contributed by atoms with Crippen molar-refractivity contribution in [3.8, 4) is 0 Å². The van der Waals surface area contributed by atoms with E-state index in [0.29, 0.717) is 18.1 Å². The van der Waals surface area contributed by atoms with Gasteiger partial charge in [-0.3, -0.25) is 14.2 Å². The number of carbonyl (C=O) groups is 1. The van der Waals surface area contributed by atoms with E-state index in [1.54, 1.807) is 13.8 Å². The van der Waals surface area contributed by atoms with Crippen LogP contribution in [0.3, 0.4) is 0 Å². The molecule has 0 aliphatic carbocycles. The lowest BCUT2D eigenvalue weighted by Crippen LogP contribution is -2.30. The highest BCUT2D eigenvalue weighted by Gasteiger charge is 2.11. The summed E-state index contributed by atoms with van der Waals surface area (Å²) >= 11 is 0. The second kappa shape index (κ2) is 8.12. The minimum atomic E-state index is -0.444. The second-order valence-corrected chi connectivity index (χ2v) is 5.08. The molecule has 0 radical (unpaired) electrons. The van der Waals surface area contributed by atoms with E-state index in [1.807, 2.05) is 30.3 Å². The zero-order valence-corrected chi connectivity index (χ0v) is 13.4. The second-order valence-electron chi connectivity index (χ2n) is 5.08. The fraction of sp³-hybridized carbons (Fsp3) is 0.353. The lowest BCUT2D eigenvalue weighted by molar-refractivity contribution is -0.143. The van der Waals surface area contributed by atoms with Crippen molar-refractivity contribution in [1.82, 2.24) is 9.55 Å². The van der Waals surface area contributed by atoms with Crippen LogP contribution in [0.2, 0.25) is 0 Å². The number of aromatic nitrogens is 2. The number of aryl methyl sites for hydroxylation is 1. The van der Waals surface area contributed by atoms with Crippen LogP contribution in [0.4, 0.5) is 5.69 Å². The first kappa shape index (κ1) is 16.7. The molecular weight excluding hydrogens is 294 g/mol. The molecule has 0 spiro atoms. The molecule has 122 valence electrons. The predicted molar refractivity (Wildman–Crippen MR) is 88.5 cm³/mol. The standard InChI is InChI=1S/C17H21N3O3/c1-3-23-16(21)12-20-13(2)19-11-15(17(20)22)18-10-9-14-7-5-4-6-8-14/h4-8,11,18H,3,9-10,12H2,1-2H3. The Kier molecular flexibility index (Phi) is 5.91. The van der Waals surface area contributed by atoms with Gasteiger partial charge in [0.2, 0.25) is 0 Å². The van der Waals surface area contributed by atoms with E-state index in [2.05, 4.69) is 10.3 Å². The summed E-state index contributed by atoms with van der Waals surface area (Å²) in [6.45, 7) is 4.19. The summed E-state index contributed by atoms with van der Waals surface area (Å²) in [7, 11) is 0. The molecule has 6 nitrogen and oxygen atoms in total. The maximum absolute atomic E-state index is 12.4. The first-order chi connectivity index (χ1) is 11.1. The Balaban J connectivity index is 2.05. The van der Waals surface area contributed by atoms with Gasteiger partial charge in [-0.1, -0.05) is 30.3 Å². The number of ether oxygens (including phenoxy) is 1. The number of hydrogen-bond donors (Lipinski definition) is 1. The largest absolute Gasteiger partial charge is 0.465 e. The van der Waals surface area contributed by atoms with Crippen LogP contribution in [0, 0.1) is 6.92 Å². The van der Waals surface area contributed by atoms with Gasteiger partial charge in [-0.15, -0.1) is 0 Å². The Hall–Kier alpha value is -2.63. The number of esters is 1. The summed E-state index contributed by atoms with van der Waals surface area (Å²) in [6.07, 6.45) is 2.30. The van der Waals surface area contributed by atoms with Crippen LogP contribution in [0.1, 0.15) is 18.3 Å². The third-order valence-electron chi connectivity index (χ3n) is 3.41. The van der Waals surface area contributed by atoms with E-state index in [4.69, 9.17) is 4.74 Å². The van der Waals surface area contributed by atoms with Crippen LogP contribution >= 0.6 is 0 Å². The zero-order chi connectivity index (χ0) is 16.7. The molecule has 0 aliphatic rings. The highest BCUT2D eigenvalue weighted by Crippen LogP contribution is 2.03. The third-order valence-corrected chi connectivity index (χ3v) is 3.41. The molecule has 23 heavy (non-hydrogen) atoms. The van der Waals surface area contributed by atoms with Gasteiger partial charge in [0.15, 0.2) is 0 Å². The van der Waals surface area contributed by atoms with Gasteiger partial charge in [-0.2, -0.15) is 0 Å². The molecule has 0 unspecified atom stereocenters. The molecule has 0 aliphatic heterocycles. The normalized spacial score (nSPS) is 10.3. The average Bonchev–Trinajstić information content (AvgIpc) is 2.55. The minimum Gasteiger partial charge on any atom is -0.465 e. The molecule has 0 atom stereocenters. The maximum Gasteiger partial charge on any atom is 0.326 e. The van der Waals surface area contributed by atoms with Crippen molar-refractivity contribution in [2.24, 2.45) is 0 Å². The van der Waals surface area contributed by atoms with E-state index in [9.17, 15) is 9.59 Å².